The molecule has 0 spiro atoms. The van der Waals surface area contributed by atoms with Crippen LogP contribution in [0.5, 0.6) is 0 Å². The number of hydrogen-bond acceptors (Lipinski definition) is 2. The van der Waals surface area contributed by atoms with Crippen molar-refractivity contribution in [2.24, 2.45) is 17.8 Å². The van der Waals surface area contributed by atoms with Crippen LogP contribution in [-0.2, 0) is 9.59 Å². The van der Waals surface area contributed by atoms with Crippen LogP contribution >= 0.6 is 0 Å². The summed E-state index contributed by atoms with van der Waals surface area (Å²) in [7, 11) is 0. The Hall–Kier alpha value is -0.860. The van der Waals surface area contributed by atoms with Gasteiger partial charge in [0.1, 0.15) is 5.78 Å². The van der Waals surface area contributed by atoms with Crippen LogP contribution in [0.25, 0.3) is 0 Å². The minimum atomic E-state index is -0.837. The summed E-state index contributed by atoms with van der Waals surface area (Å²) in [6, 6.07) is 0. The molecule has 0 amide bonds. The molecule has 0 aromatic heterocycles. The monoisotopic (exact) mass is 242 g/mol. The molecule has 3 heteroatoms. The lowest BCUT2D eigenvalue weighted by atomic mass is 9.91. The van der Waals surface area contributed by atoms with E-state index in [1.807, 2.05) is 13.8 Å². The molecule has 100 valence electrons. The molecule has 1 N–H and O–H groups in total. The molecule has 17 heavy (non-hydrogen) atoms. The predicted octanol–water partition coefficient (Wildman–Crippen LogP) is 3.52. The SMILES string of the molecule is CC(C)CCCC(=O)CC(CC(C)C)C(=O)O. The zero-order chi connectivity index (χ0) is 13.4. The number of carbonyl (C=O) groups is 2. The molecule has 3 nitrogen and oxygen atoms in total. The first-order valence-corrected chi connectivity index (χ1v) is 6.57. The van der Waals surface area contributed by atoms with Crippen molar-refractivity contribution in [2.45, 2.75) is 59.8 Å². The van der Waals surface area contributed by atoms with Crippen LogP contribution in [0, 0.1) is 17.8 Å². The van der Waals surface area contributed by atoms with Gasteiger partial charge in [0.25, 0.3) is 0 Å². The first kappa shape index (κ1) is 16.1. The average Bonchev–Trinajstić information content (AvgIpc) is 2.15. The average molecular weight is 242 g/mol. The number of carboxylic acid groups (broad SMARTS) is 1. The molecule has 0 heterocycles. The van der Waals surface area contributed by atoms with Crippen molar-refractivity contribution in [1.82, 2.24) is 0 Å². The van der Waals surface area contributed by atoms with Crippen molar-refractivity contribution in [3.8, 4) is 0 Å². The van der Waals surface area contributed by atoms with E-state index in [9.17, 15) is 9.59 Å². The third kappa shape index (κ3) is 8.90. The molecule has 0 rings (SSSR count). The summed E-state index contributed by atoms with van der Waals surface area (Å²) in [5, 5.41) is 9.03. The summed E-state index contributed by atoms with van der Waals surface area (Å²) in [6.45, 7) is 8.23. The first-order chi connectivity index (χ1) is 7.82. The molecule has 0 saturated carbocycles. The van der Waals surface area contributed by atoms with Gasteiger partial charge in [-0.05, 0) is 24.7 Å². The Kier molecular flexibility index (Phi) is 7.85. The van der Waals surface area contributed by atoms with Gasteiger partial charge in [-0.1, -0.05) is 34.1 Å². The lowest BCUT2D eigenvalue weighted by molar-refractivity contribution is -0.144. The Labute approximate surface area is 105 Å². The van der Waals surface area contributed by atoms with Crippen LogP contribution in [0.15, 0.2) is 0 Å². The Morgan fingerprint density at radius 3 is 2.06 bits per heavy atom. The molecular formula is C14H26O3. The second-order valence-corrected chi connectivity index (χ2v) is 5.69. The third-order valence-electron chi connectivity index (χ3n) is 2.82. The van der Waals surface area contributed by atoms with E-state index in [2.05, 4.69) is 13.8 Å². The number of hydrogen-bond donors (Lipinski definition) is 1. The van der Waals surface area contributed by atoms with Gasteiger partial charge in [-0.3, -0.25) is 9.59 Å². The summed E-state index contributed by atoms with van der Waals surface area (Å²) < 4.78 is 0. The quantitative estimate of drug-likeness (QED) is 0.673. The van der Waals surface area contributed by atoms with E-state index in [0.29, 0.717) is 24.7 Å². The highest BCUT2D eigenvalue weighted by Gasteiger charge is 2.21. The fraction of sp³-hybridized carbons (Fsp3) is 0.857. The van der Waals surface area contributed by atoms with Crippen LogP contribution in [0.2, 0.25) is 0 Å². The number of rotatable bonds is 9. The summed E-state index contributed by atoms with van der Waals surface area (Å²) in [6.07, 6.45) is 3.23. The predicted molar refractivity (Wildman–Crippen MR) is 68.9 cm³/mol. The van der Waals surface area contributed by atoms with Gasteiger partial charge >= 0.3 is 5.97 Å². The van der Waals surface area contributed by atoms with Crippen LogP contribution in [0.3, 0.4) is 0 Å². The molecule has 1 atom stereocenters. The van der Waals surface area contributed by atoms with Crippen LogP contribution in [-0.4, -0.2) is 16.9 Å². The Morgan fingerprint density at radius 2 is 1.65 bits per heavy atom. The number of Topliss-reactive ketones (excluding diaryl/α,β-unsaturated/α-hetero) is 1. The number of ketones is 1. The highest BCUT2D eigenvalue weighted by atomic mass is 16.4. The zero-order valence-electron chi connectivity index (χ0n) is 11.5. The molecular weight excluding hydrogens is 216 g/mol. The Balaban J connectivity index is 4.00. The van der Waals surface area contributed by atoms with Gasteiger partial charge in [0.2, 0.25) is 0 Å². The molecule has 0 radical (unpaired) electrons. The summed E-state index contributed by atoms with van der Waals surface area (Å²) in [5.41, 5.74) is 0. The van der Waals surface area contributed by atoms with E-state index in [1.165, 1.54) is 0 Å². The van der Waals surface area contributed by atoms with Gasteiger partial charge in [-0.25, -0.2) is 0 Å². The fourth-order valence-electron chi connectivity index (χ4n) is 1.92. The second-order valence-electron chi connectivity index (χ2n) is 5.69. The molecule has 0 fully saturated rings. The minimum absolute atomic E-state index is 0.0960. The first-order valence-electron chi connectivity index (χ1n) is 6.57. The Morgan fingerprint density at radius 1 is 1.06 bits per heavy atom. The minimum Gasteiger partial charge on any atom is -0.481 e. The van der Waals surface area contributed by atoms with Gasteiger partial charge in [0, 0.05) is 12.8 Å². The lowest BCUT2D eigenvalue weighted by Gasteiger charge is -2.13. The molecule has 0 bridgehead atoms. The van der Waals surface area contributed by atoms with Crippen molar-refractivity contribution in [3.05, 3.63) is 0 Å². The van der Waals surface area contributed by atoms with E-state index in [-0.39, 0.29) is 12.2 Å². The van der Waals surface area contributed by atoms with Gasteiger partial charge in [-0.2, -0.15) is 0 Å². The highest BCUT2D eigenvalue weighted by molar-refractivity contribution is 5.83. The van der Waals surface area contributed by atoms with Crippen LogP contribution in [0.4, 0.5) is 0 Å². The largest absolute Gasteiger partial charge is 0.481 e. The van der Waals surface area contributed by atoms with Crippen molar-refractivity contribution in [1.29, 1.82) is 0 Å². The lowest BCUT2D eigenvalue weighted by Crippen LogP contribution is -2.19. The maximum atomic E-state index is 11.7. The Bertz CT molecular complexity index is 244. The molecule has 0 aromatic carbocycles. The molecule has 1 unspecified atom stereocenters. The van der Waals surface area contributed by atoms with Crippen molar-refractivity contribution in [3.63, 3.8) is 0 Å². The van der Waals surface area contributed by atoms with Gasteiger partial charge < -0.3 is 5.11 Å². The third-order valence-corrected chi connectivity index (χ3v) is 2.82. The van der Waals surface area contributed by atoms with Crippen LogP contribution in [0.1, 0.15) is 59.8 Å². The second kappa shape index (κ2) is 8.26. The fourth-order valence-corrected chi connectivity index (χ4v) is 1.92. The summed E-state index contributed by atoms with van der Waals surface area (Å²) in [5.74, 6) is -0.315. The highest BCUT2D eigenvalue weighted by Crippen LogP contribution is 2.18. The number of carbonyl (C=O) groups excluding carboxylic acids is 1. The van der Waals surface area contributed by atoms with Crippen LogP contribution < -0.4 is 0 Å². The zero-order valence-corrected chi connectivity index (χ0v) is 11.5. The van der Waals surface area contributed by atoms with Crippen molar-refractivity contribution in [2.75, 3.05) is 0 Å². The van der Waals surface area contributed by atoms with Gasteiger partial charge in [0.05, 0.1) is 5.92 Å². The molecule has 0 aliphatic carbocycles. The standard InChI is InChI=1S/C14H26O3/c1-10(2)6-5-7-13(15)9-12(14(16)17)8-11(3)4/h10-12H,5-9H2,1-4H3,(H,16,17). The van der Waals surface area contributed by atoms with E-state index < -0.39 is 11.9 Å². The van der Waals surface area contributed by atoms with E-state index >= 15 is 0 Å². The van der Waals surface area contributed by atoms with E-state index in [4.69, 9.17) is 5.11 Å². The molecule has 0 aromatic rings. The summed E-state index contributed by atoms with van der Waals surface area (Å²) in [4.78, 5) is 22.7. The maximum absolute atomic E-state index is 11.7. The number of aliphatic carboxylic acids is 1. The topological polar surface area (TPSA) is 54.4 Å². The van der Waals surface area contributed by atoms with Gasteiger partial charge in [-0.15, -0.1) is 0 Å². The maximum Gasteiger partial charge on any atom is 0.306 e. The van der Waals surface area contributed by atoms with Crippen molar-refractivity contribution >= 4 is 11.8 Å². The molecule has 0 aliphatic rings. The normalized spacial score (nSPS) is 13.1. The number of carboxylic acids is 1. The van der Waals surface area contributed by atoms with E-state index in [1.54, 1.807) is 0 Å². The smallest absolute Gasteiger partial charge is 0.306 e. The summed E-state index contributed by atoms with van der Waals surface area (Å²) >= 11 is 0. The van der Waals surface area contributed by atoms with E-state index in [0.717, 1.165) is 12.8 Å². The molecule has 0 aliphatic heterocycles. The van der Waals surface area contributed by atoms with Gasteiger partial charge in [0.15, 0.2) is 0 Å². The molecule has 0 saturated heterocycles. The van der Waals surface area contributed by atoms with Crippen molar-refractivity contribution < 1.29 is 14.7 Å².